The second-order valence-corrected chi connectivity index (χ2v) is 6.30. The summed E-state index contributed by atoms with van der Waals surface area (Å²) in [6.07, 6.45) is 0. The van der Waals surface area contributed by atoms with E-state index < -0.39 is 0 Å². The maximum atomic E-state index is 12.3. The van der Waals surface area contributed by atoms with Gasteiger partial charge in [0, 0.05) is 14.1 Å². The number of rotatable bonds is 6. The summed E-state index contributed by atoms with van der Waals surface area (Å²) in [4.78, 5) is 27.2. The van der Waals surface area contributed by atoms with E-state index >= 15 is 0 Å². The van der Waals surface area contributed by atoms with E-state index in [2.05, 4.69) is 10.4 Å². The first-order chi connectivity index (χ1) is 11.8. The smallest absolute Gasteiger partial charge is 0.238 e. The SMILES string of the molecule is Cc1nn(-c2ccccc2)c(C)c1NC(=O)CN(C)CC(=O)N(C)C. The lowest BCUT2D eigenvalue weighted by molar-refractivity contribution is -0.130. The van der Waals surface area contributed by atoms with Crippen molar-refractivity contribution in [2.24, 2.45) is 0 Å². The second-order valence-electron chi connectivity index (χ2n) is 6.30. The number of benzene rings is 1. The topological polar surface area (TPSA) is 70.5 Å². The first kappa shape index (κ1) is 18.7. The first-order valence-corrected chi connectivity index (χ1v) is 8.09. The van der Waals surface area contributed by atoms with Crippen molar-refractivity contribution in [2.75, 3.05) is 39.5 Å². The maximum absolute atomic E-state index is 12.3. The number of aryl methyl sites for hydroxylation is 1. The Morgan fingerprint density at radius 2 is 1.72 bits per heavy atom. The number of nitrogens with zero attached hydrogens (tertiary/aromatic N) is 4. The van der Waals surface area contributed by atoms with Crippen LogP contribution < -0.4 is 5.32 Å². The number of nitrogens with one attached hydrogen (secondary N) is 1. The van der Waals surface area contributed by atoms with Crippen LogP contribution in [0.2, 0.25) is 0 Å². The van der Waals surface area contributed by atoms with Gasteiger partial charge in [-0.2, -0.15) is 5.10 Å². The van der Waals surface area contributed by atoms with Crippen molar-refractivity contribution in [3.05, 3.63) is 41.7 Å². The van der Waals surface area contributed by atoms with E-state index in [9.17, 15) is 9.59 Å². The van der Waals surface area contributed by atoms with E-state index in [1.165, 1.54) is 4.90 Å². The Morgan fingerprint density at radius 1 is 1.08 bits per heavy atom. The summed E-state index contributed by atoms with van der Waals surface area (Å²) < 4.78 is 1.81. The molecule has 25 heavy (non-hydrogen) atoms. The minimum absolute atomic E-state index is 0.0421. The largest absolute Gasteiger partial charge is 0.348 e. The molecular formula is C18H25N5O2. The van der Waals surface area contributed by atoms with Gasteiger partial charge in [-0.1, -0.05) is 18.2 Å². The van der Waals surface area contributed by atoms with Gasteiger partial charge in [0.25, 0.3) is 0 Å². The molecule has 0 bridgehead atoms. The molecule has 0 aliphatic heterocycles. The van der Waals surface area contributed by atoms with Gasteiger partial charge >= 0.3 is 0 Å². The van der Waals surface area contributed by atoms with Crippen molar-refractivity contribution in [2.45, 2.75) is 13.8 Å². The zero-order valence-corrected chi connectivity index (χ0v) is 15.4. The Kier molecular flexibility index (Phi) is 5.93. The highest BCUT2D eigenvalue weighted by molar-refractivity contribution is 5.93. The molecule has 0 radical (unpaired) electrons. The van der Waals surface area contributed by atoms with Crippen molar-refractivity contribution in [3.8, 4) is 5.69 Å². The third-order valence-corrected chi connectivity index (χ3v) is 3.87. The van der Waals surface area contributed by atoms with Crippen LogP contribution in [-0.2, 0) is 9.59 Å². The Balaban J connectivity index is 2.06. The van der Waals surface area contributed by atoms with E-state index in [1.54, 1.807) is 26.0 Å². The molecule has 1 aromatic carbocycles. The fourth-order valence-electron chi connectivity index (χ4n) is 2.50. The van der Waals surface area contributed by atoms with Crippen molar-refractivity contribution in [1.82, 2.24) is 19.6 Å². The maximum Gasteiger partial charge on any atom is 0.238 e. The number of carbonyl (C=O) groups excluding carboxylic acids is 2. The van der Waals surface area contributed by atoms with Crippen LogP contribution in [0.3, 0.4) is 0 Å². The van der Waals surface area contributed by atoms with Crippen LogP contribution in [0.25, 0.3) is 5.69 Å². The van der Waals surface area contributed by atoms with Crippen molar-refractivity contribution in [3.63, 3.8) is 0 Å². The molecule has 2 rings (SSSR count). The summed E-state index contributed by atoms with van der Waals surface area (Å²) in [5, 5.41) is 7.42. The quantitative estimate of drug-likeness (QED) is 0.862. The summed E-state index contributed by atoms with van der Waals surface area (Å²) in [6.45, 7) is 4.11. The van der Waals surface area contributed by atoms with Gasteiger partial charge in [0.15, 0.2) is 0 Å². The van der Waals surface area contributed by atoms with E-state index in [0.717, 1.165) is 17.1 Å². The highest BCUT2D eigenvalue weighted by Gasteiger charge is 2.17. The van der Waals surface area contributed by atoms with Crippen LogP contribution in [0.1, 0.15) is 11.4 Å². The number of para-hydroxylation sites is 1. The van der Waals surface area contributed by atoms with Crippen LogP contribution in [0.4, 0.5) is 5.69 Å². The second kappa shape index (κ2) is 7.94. The molecule has 7 heteroatoms. The van der Waals surface area contributed by atoms with Gasteiger partial charge in [-0.3, -0.25) is 14.5 Å². The minimum Gasteiger partial charge on any atom is -0.348 e. The molecule has 0 fully saturated rings. The Hall–Kier alpha value is -2.67. The van der Waals surface area contributed by atoms with Crippen molar-refractivity contribution < 1.29 is 9.59 Å². The minimum atomic E-state index is -0.173. The lowest BCUT2D eigenvalue weighted by Gasteiger charge is -2.18. The van der Waals surface area contributed by atoms with Gasteiger partial charge in [-0.25, -0.2) is 4.68 Å². The predicted octanol–water partition coefficient (Wildman–Crippen LogP) is 1.45. The highest BCUT2D eigenvalue weighted by atomic mass is 16.2. The predicted molar refractivity (Wildman–Crippen MR) is 97.9 cm³/mol. The molecule has 0 aliphatic rings. The molecule has 0 unspecified atom stereocenters. The molecule has 0 atom stereocenters. The number of anilines is 1. The molecule has 1 heterocycles. The van der Waals surface area contributed by atoms with Crippen LogP contribution in [-0.4, -0.2) is 65.6 Å². The molecule has 0 saturated carbocycles. The van der Waals surface area contributed by atoms with E-state index in [0.29, 0.717) is 5.69 Å². The molecule has 7 nitrogen and oxygen atoms in total. The fraction of sp³-hybridized carbons (Fsp3) is 0.389. The molecule has 0 aliphatic carbocycles. The average Bonchev–Trinajstić information content (AvgIpc) is 2.83. The summed E-state index contributed by atoms with van der Waals surface area (Å²) in [5.41, 5.74) is 3.27. The van der Waals surface area contributed by atoms with Crippen LogP contribution in [0, 0.1) is 13.8 Å². The Bertz CT molecular complexity index is 752. The third-order valence-electron chi connectivity index (χ3n) is 3.87. The zero-order chi connectivity index (χ0) is 18.6. The molecule has 134 valence electrons. The fourth-order valence-corrected chi connectivity index (χ4v) is 2.50. The van der Waals surface area contributed by atoms with Gasteiger partial charge in [-0.15, -0.1) is 0 Å². The van der Waals surface area contributed by atoms with Gasteiger partial charge in [-0.05, 0) is 33.0 Å². The van der Waals surface area contributed by atoms with Gasteiger partial charge in [0.05, 0.1) is 35.9 Å². The lowest BCUT2D eigenvalue weighted by atomic mass is 10.3. The standard InChI is InChI=1S/C18H25N5O2/c1-13-18(14(2)23(20-13)15-9-7-6-8-10-15)19-16(24)11-22(5)12-17(25)21(3)4/h6-10H,11-12H2,1-5H3,(H,19,24). The highest BCUT2D eigenvalue weighted by Crippen LogP contribution is 2.22. The van der Waals surface area contributed by atoms with E-state index in [-0.39, 0.29) is 24.9 Å². The molecular weight excluding hydrogens is 318 g/mol. The van der Waals surface area contributed by atoms with E-state index in [4.69, 9.17) is 0 Å². The van der Waals surface area contributed by atoms with Crippen LogP contribution >= 0.6 is 0 Å². The van der Waals surface area contributed by atoms with Crippen LogP contribution in [0.5, 0.6) is 0 Å². The molecule has 0 saturated heterocycles. The normalized spacial score (nSPS) is 10.8. The molecule has 1 N–H and O–H groups in total. The first-order valence-electron chi connectivity index (χ1n) is 8.09. The summed E-state index contributed by atoms with van der Waals surface area (Å²) in [5.74, 6) is -0.215. The number of hydrogen-bond acceptors (Lipinski definition) is 4. The van der Waals surface area contributed by atoms with Gasteiger partial charge < -0.3 is 10.2 Å². The van der Waals surface area contributed by atoms with E-state index in [1.807, 2.05) is 48.9 Å². The number of aromatic nitrogens is 2. The monoisotopic (exact) mass is 343 g/mol. The Morgan fingerprint density at radius 3 is 2.32 bits per heavy atom. The number of likely N-dealkylation sites (N-methyl/N-ethyl adjacent to an activating group) is 2. The number of amides is 2. The summed E-state index contributed by atoms with van der Waals surface area (Å²) >= 11 is 0. The van der Waals surface area contributed by atoms with Gasteiger partial charge in [0.1, 0.15) is 0 Å². The molecule has 0 spiro atoms. The summed E-state index contributed by atoms with van der Waals surface area (Å²) in [7, 11) is 5.13. The Labute approximate surface area is 148 Å². The molecule has 2 amide bonds. The van der Waals surface area contributed by atoms with Crippen molar-refractivity contribution >= 4 is 17.5 Å². The average molecular weight is 343 g/mol. The third kappa shape index (κ3) is 4.67. The number of hydrogen-bond donors (Lipinski definition) is 1. The lowest BCUT2D eigenvalue weighted by Crippen LogP contribution is -2.38. The van der Waals surface area contributed by atoms with Crippen molar-refractivity contribution in [1.29, 1.82) is 0 Å². The molecule has 2 aromatic rings. The summed E-state index contributed by atoms with van der Waals surface area (Å²) in [6, 6.07) is 9.77. The molecule has 1 aromatic heterocycles. The number of carbonyl (C=O) groups is 2. The van der Waals surface area contributed by atoms with Gasteiger partial charge in [0.2, 0.25) is 11.8 Å². The zero-order valence-electron chi connectivity index (χ0n) is 15.4. The van der Waals surface area contributed by atoms with Crippen LogP contribution in [0.15, 0.2) is 30.3 Å².